The molecule has 1 aliphatic heterocycles. The minimum atomic E-state index is -1.62. The van der Waals surface area contributed by atoms with E-state index in [0.29, 0.717) is 14.9 Å². The normalized spacial score (nSPS) is 24.7. The second kappa shape index (κ2) is 10.0. The van der Waals surface area contributed by atoms with Crippen molar-refractivity contribution in [2.24, 2.45) is 0 Å². The first kappa shape index (κ1) is 24.6. The third kappa shape index (κ3) is 4.70. The van der Waals surface area contributed by atoms with E-state index in [2.05, 4.69) is 26.2 Å². The zero-order valence-electron chi connectivity index (χ0n) is 17.0. The van der Waals surface area contributed by atoms with E-state index in [1.807, 2.05) is 6.07 Å². The van der Waals surface area contributed by atoms with E-state index in [1.54, 1.807) is 18.2 Å². The fraction of sp³-hybridized carbons (Fsp3) is 0.286. The number of thioether (sulfide) groups is 1. The number of aliphatic hydroxyl groups excluding tert-OH is 3. The Morgan fingerprint density at radius 2 is 1.85 bits per heavy atom. The number of nitrogens with zero attached hydrogens (tertiary/aromatic N) is 4. The van der Waals surface area contributed by atoms with Crippen LogP contribution in [0.25, 0.3) is 11.3 Å². The molecule has 1 saturated heterocycles. The summed E-state index contributed by atoms with van der Waals surface area (Å²) in [5, 5.41) is 48.1. The molecule has 3 N–H and O–H groups in total. The Labute approximate surface area is 203 Å². The molecule has 8 nitrogen and oxygen atoms in total. The van der Waals surface area contributed by atoms with Gasteiger partial charge >= 0.3 is 0 Å². The molecule has 0 saturated carbocycles. The molecule has 0 amide bonds. The van der Waals surface area contributed by atoms with Gasteiger partial charge in [-0.25, -0.2) is 17.9 Å². The summed E-state index contributed by atoms with van der Waals surface area (Å²) in [6.45, 7) is -0.561. The van der Waals surface area contributed by atoms with Gasteiger partial charge in [-0.1, -0.05) is 17.0 Å². The quantitative estimate of drug-likeness (QED) is 0.410. The predicted molar refractivity (Wildman–Crippen MR) is 117 cm³/mol. The first-order valence-corrected chi connectivity index (χ1v) is 11.5. The average molecular weight is 557 g/mol. The standard InChI is InChI=1S/C21H16BrF3N4O4S/c22-12-5-11(2-1-9(12)6-26)34-21-20(32)18(19(31)16(8-30)33-21)29-7-15(27-28-29)10-3-13(23)17(25)14(24)4-10/h1-5,7,16,18-21,30-32H,8H2/t16?,18-,19-,20?,21+/m0/s1. The van der Waals surface area contributed by atoms with Crippen LogP contribution < -0.4 is 0 Å². The molecule has 1 fully saturated rings. The number of aromatic nitrogens is 3. The molecule has 0 bridgehead atoms. The number of benzene rings is 2. The van der Waals surface area contributed by atoms with Crippen molar-refractivity contribution in [3.8, 4) is 17.3 Å². The highest BCUT2D eigenvalue weighted by Gasteiger charge is 2.46. The number of nitriles is 1. The van der Waals surface area contributed by atoms with Crippen LogP contribution in [0.5, 0.6) is 0 Å². The van der Waals surface area contributed by atoms with Gasteiger partial charge in [0.15, 0.2) is 17.5 Å². The lowest BCUT2D eigenvalue weighted by molar-refractivity contribution is -0.178. The van der Waals surface area contributed by atoms with Crippen LogP contribution in [0, 0.1) is 28.8 Å². The molecule has 178 valence electrons. The Balaban J connectivity index is 1.63. The number of ether oxygens (including phenoxy) is 1. The summed E-state index contributed by atoms with van der Waals surface area (Å²) in [7, 11) is 0. The maximum atomic E-state index is 13.6. The van der Waals surface area contributed by atoms with Crippen LogP contribution in [0.2, 0.25) is 0 Å². The second-order valence-electron chi connectivity index (χ2n) is 7.41. The van der Waals surface area contributed by atoms with Crippen molar-refractivity contribution in [3.05, 3.63) is 64.0 Å². The van der Waals surface area contributed by atoms with Gasteiger partial charge in [-0.05, 0) is 46.3 Å². The number of hydrogen-bond acceptors (Lipinski definition) is 8. The number of hydrogen-bond donors (Lipinski definition) is 3. The van der Waals surface area contributed by atoms with E-state index in [-0.39, 0.29) is 11.3 Å². The minimum Gasteiger partial charge on any atom is -0.394 e. The van der Waals surface area contributed by atoms with Crippen LogP contribution in [-0.2, 0) is 4.74 Å². The van der Waals surface area contributed by atoms with E-state index in [4.69, 9.17) is 10.00 Å². The van der Waals surface area contributed by atoms with Gasteiger partial charge in [0.25, 0.3) is 0 Å². The predicted octanol–water partition coefficient (Wildman–Crippen LogP) is 2.77. The Bertz CT molecular complexity index is 1230. The zero-order chi connectivity index (χ0) is 24.6. The lowest BCUT2D eigenvalue weighted by Gasteiger charge is -2.41. The highest BCUT2D eigenvalue weighted by molar-refractivity contribution is 9.10. The maximum absolute atomic E-state index is 13.6. The minimum absolute atomic E-state index is 0.0236. The topological polar surface area (TPSA) is 124 Å². The molecule has 2 heterocycles. The van der Waals surface area contributed by atoms with Crippen molar-refractivity contribution >= 4 is 27.7 Å². The number of aliphatic hydroxyl groups is 3. The Morgan fingerprint density at radius 1 is 1.15 bits per heavy atom. The SMILES string of the molecule is N#Cc1ccc(S[C@H]2OC(CO)[C@H](O)[C@H](n3cc(-c4cc(F)c(F)c(F)c4)nn3)C2O)cc1Br. The largest absolute Gasteiger partial charge is 0.394 e. The van der Waals surface area contributed by atoms with Gasteiger partial charge in [0.05, 0.1) is 18.4 Å². The first-order chi connectivity index (χ1) is 16.2. The van der Waals surface area contributed by atoms with Gasteiger partial charge in [0, 0.05) is 14.9 Å². The lowest BCUT2D eigenvalue weighted by atomic mass is 9.97. The summed E-state index contributed by atoms with van der Waals surface area (Å²) in [5.41, 5.74) is -0.659. The van der Waals surface area contributed by atoms with E-state index in [9.17, 15) is 28.5 Å². The Hall–Kier alpha value is -2.47. The van der Waals surface area contributed by atoms with Crippen molar-refractivity contribution < 1.29 is 33.2 Å². The Kier molecular flexibility index (Phi) is 7.27. The molecule has 1 aliphatic rings. The lowest BCUT2D eigenvalue weighted by Crippen LogP contribution is -2.55. The van der Waals surface area contributed by atoms with E-state index >= 15 is 0 Å². The third-order valence-corrected chi connectivity index (χ3v) is 7.06. The van der Waals surface area contributed by atoms with Crippen molar-refractivity contribution in [3.63, 3.8) is 0 Å². The summed E-state index contributed by atoms with van der Waals surface area (Å²) in [4.78, 5) is 0.637. The molecule has 5 atom stereocenters. The summed E-state index contributed by atoms with van der Waals surface area (Å²) in [6.07, 6.45) is -2.60. The second-order valence-corrected chi connectivity index (χ2v) is 9.43. The summed E-state index contributed by atoms with van der Waals surface area (Å²) in [5.74, 6) is -4.42. The fourth-order valence-corrected chi connectivity index (χ4v) is 5.25. The van der Waals surface area contributed by atoms with Crippen LogP contribution in [0.3, 0.4) is 0 Å². The third-order valence-electron chi connectivity index (χ3n) is 5.26. The highest BCUT2D eigenvalue weighted by Crippen LogP contribution is 2.39. The van der Waals surface area contributed by atoms with Crippen LogP contribution in [0.4, 0.5) is 13.2 Å². The summed E-state index contributed by atoms with van der Waals surface area (Å²) in [6, 6.07) is 7.29. The van der Waals surface area contributed by atoms with Crippen molar-refractivity contribution in [1.29, 1.82) is 5.26 Å². The smallest absolute Gasteiger partial charge is 0.194 e. The van der Waals surface area contributed by atoms with Crippen LogP contribution >= 0.6 is 27.7 Å². The van der Waals surface area contributed by atoms with Gasteiger partial charge < -0.3 is 20.1 Å². The molecular formula is C21H16BrF3N4O4S. The molecular weight excluding hydrogens is 541 g/mol. The summed E-state index contributed by atoms with van der Waals surface area (Å²) >= 11 is 4.39. The van der Waals surface area contributed by atoms with Crippen molar-refractivity contribution in [1.82, 2.24) is 15.0 Å². The molecule has 0 radical (unpaired) electrons. The van der Waals surface area contributed by atoms with Gasteiger partial charge in [-0.3, -0.25) is 0 Å². The van der Waals surface area contributed by atoms with Crippen LogP contribution in [0.15, 0.2) is 45.9 Å². The highest BCUT2D eigenvalue weighted by atomic mass is 79.9. The van der Waals surface area contributed by atoms with E-state index in [0.717, 1.165) is 28.6 Å². The molecule has 4 rings (SSSR count). The maximum Gasteiger partial charge on any atom is 0.194 e. The fourth-order valence-electron chi connectivity index (χ4n) is 3.53. The van der Waals surface area contributed by atoms with Crippen molar-refractivity contribution in [2.75, 3.05) is 6.61 Å². The molecule has 2 aromatic carbocycles. The Morgan fingerprint density at radius 3 is 2.47 bits per heavy atom. The zero-order valence-corrected chi connectivity index (χ0v) is 19.4. The van der Waals surface area contributed by atoms with Gasteiger partial charge in [-0.15, -0.1) is 5.10 Å². The molecule has 0 aliphatic carbocycles. The first-order valence-electron chi connectivity index (χ1n) is 9.79. The van der Waals surface area contributed by atoms with Gasteiger partial charge in [-0.2, -0.15) is 5.26 Å². The van der Waals surface area contributed by atoms with Crippen LogP contribution in [0.1, 0.15) is 11.6 Å². The van der Waals surface area contributed by atoms with Gasteiger partial charge in [0.2, 0.25) is 0 Å². The average Bonchev–Trinajstić information content (AvgIpc) is 3.29. The van der Waals surface area contributed by atoms with Gasteiger partial charge in [0.1, 0.15) is 41.6 Å². The van der Waals surface area contributed by atoms with Crippen LogP contribution in [-0.4, -0.2) is 60.7 Å². The monoisotopic (exact) mass is 556 g/mol. The number of halogens is 4. The molecule has 0 spiro atoms. The number of rotatable bonds is 5. The van der Waals surface area contributed by atoms with E-state index < -0.39 is 53.8 Å². The van der Waals surface area contributed by atoms with Crippen molar-refractivity contribution in [2.45, 2.75) is 34.7 Å². The molecule has 1 aromatic heterocycles. The molecule has 3 aromatic rings. The molecule has 34 heavy (non-hydrogen) atoms. The summed E-state index contributed by atoms with van der Waals surface area (Å²) < 4.78 is 47.9. The van der Waals surface area contributed by atoms with E-state index in [1.165, 1.54) is 6.20 Å². The molecule has 13 heteroatoms. The molecule has 2 unspecified atom stereocenters.